The molecule has 5 rings (SSSR count). The summed E-state index contributed by atoms with van der Waals surface area (Å²) in [5.41, 5.74) is 1.67. The zero-order chi connectivity index (χ0) is 32.2. The number of benzene rings is 1. The van der Waals surface area contributed by atoms with E-state index < -0.39 is 6.09 Å². The van der Waals surface area contributed by atoms with Gasteiger partial charge in [0.1, 0.15) is 27.3 Å². The van der Waals surface area contributed by atoms with Gasteiger partial charge in [-0.3, -0.25) is 14.5 Å². The molecule has 242 valence electrons. The number of nitrogens with one attached hydrogen (secondary N) is 2. The van der Waals surface area contributed by atoms with Crippen LogP contribution in [0.25, 0.3) is 17.4 Å². The molecule has 1 aliphatic heterocycles. The monoisotopic (exact) mass is 655 g/mol. The minimum absolute atomic E-state index is 0.0534. The lowest BCUT2D eigenvalue weighted by atomic mass is 9.94. The number of fused-ring (bicyclic) bond motifs is 2. The van der Waals surface area contributed by atoms with E-state index in [0.717, 1.165) is 24.0 Å². The van der Waals surface area contributed by atoms with Crippen LogP contribution in [-0.4, -0.2) is 65.1 Å². The molecule has 45 heavy (non-hydrogen) atoms. The zero-order valence-corrected chi connectivity index (χ0v) is 27.7. The Balaban J connectivity index is 1.32. The maximum absolute atomic E-state index is 13.7. The fraction of sp³-hybridized carbons (Fsp3) is 0.515. The molecule has 5 atom stereocenters. The van der Waals surface area contributed by atoms with Crippen LogP contribution in [0.4, 0.5) is 4.79 Å². The second-order valence-electron chi connectivity index (χ2n) is 12.3. The van der Waals surface area contributed by atoms with Crippen LogP contribution in [0.5, 0.6) is 11.5 Å². The SMILES string of the molecule is COc1cc(OC)cc(-c2cc(CCCNC(=O)C(C)C[C@H](C)NC(=O)O)c(C=C3SC(=S)N(C4CC5CCC4C5)C3=O)o2)c1. The molecule has 3 fully saturated rings. The molecule has 2 saturated carbocycles. The Labute approximate surface area is 273 Å². The van der Waals surface area contributed by atoms with Crippen LogP contribution in [0.2, 0.25) is 0 Å². The molecule has 3 aliphatic rings. The summed E-state index contributed by atoms with van der Waals surface area (Å²) in [5, 5.41) is 14.2. The zero-order valence-electron chi connectivity index (χ0n) is 26.1. The summed E-state index contributed by atoms with van der Waals surface area (Å²) in [4.78, 5) is 39.6. The fourth-order valence-electron chi connectivity index (χ4n) is 6.84. The lowest BCUT2D eigenvalue weighted by Crippen LogP contribution is -2.41. The van der Waals surface area contributed by atoms with Gasteiger partial charge in [-0.15, -0.1) is 0 Å². The molecule has 1 aromatic carbocycles. The number of thiocarbonyl (C=S) groups is 1. The summed E-state index contributed by atoms with van der Waals surface area (Å²) in [5.74, 6) is 3.13. The van der Waals surface area contributed by atoms with Gasteiger partial charge >= 0.3 is 6.09 Å². The minimum atomic E-state index is -1.11. The van der Waals surface area contributed by atoms with Crippen molar-refractivity contribution >= 4 is 52.3 Å². The van der Waals surface area contributed by atoms with Crippen molar-refractivity contribution in [3.8, 4) is 22.8 Å². The number of methoxy groups -OCH3 is 2. The Morgan fingerprint density at radius 2 is 1.89 bits per heavy atom. The van der Waals surface area contributed by atoms with E-state index in [9.17, 15) is 14.4 Å². The first-order chi connectivity index (χ1) is 21.6. The third-order valence-electron chi connectivity index (χ3n) is 9.04. The predicted octanol–water partition coefficient (Wildman–Crippen LogP) is 6.08. The molecule has 0 radical (unpaired) electrons. The van der Waals surface area contributed by atoms with Crippen molar-refractivity contribution in [2.45, 2.75) is 70.9 Å². The second-order valence-corrected chi connectivity index (χ2v) is 14.0. The van der Waals surface area contributed by atoms with Gasteiger partial charge in [-0.2, -0.15) is 0 Å². The molecular formula is C33H41N3O7S2. The number of aryl methyl sites for hydroxylation is 1. The Morgan fingerprint density at radius 1 is 1.16 bits per heavy atom. The number of carbonyl (C=O) groups is 3. The maximum Gasteiger partial charge on any atom is 0.404 e. The van der Waals surface area contributed by atoms with Gasteiger partial charge in [-0.05, 0) is 81.0 Å². The molecule has 4 unspecified atom stereocenters. The quantitative estimate of drug-likeness (QED) is 0.133. The first-order valence-corrected chi connectivity index (χ1v) is 16.7. The average Bonchev–Trinajstić information content (AvgIpc) is 3.79. The number of amides is 3. The van der Waals surface area contributed by atoms with Crippen molar-refractivity contribution in [2.24, 2.45) is 17.8 Å². The van der Waals surface area contributed by atoms with Gasteiger partial charge in [0.2, 0.25) is 5.91 Å². The lowest BCUT2D eigenvalue weighted by Gasteiger charge is -2.30. The molecule has 1 aromatic heterocycles. The number of nitrogens with zero attached hydrogens (tertiary/aromatic N) is 1. The van der Waals surface area contributed by atoms with E-state index in [1.165, 1.54) is 24.6 Å². The fourth-order valence-corrected chi connectivity index (χ4v) is 8.18. The van der Waals surface area contributed by atoms with Crippen LogP contribution in [0, 0.1) is 17.8 Å². The van der Waals surface area contributed by atoms with Crippen molar-refractivity contribution in [3.63, 3.8) is 0 Å². The summed E-state index contributed by atoms with van der Waals surface area (Å²) < 4.78 is 17.9. The van der Waals surface area contributed by atoms with Gasteiger partial charge in [0, 0.05) is 42.3 Å². The van der Waals surface area contributed by atoms with Crippen molar-refractivity contribution in [1.82, 2.24) is 15.5 Å². The van der Waals surface area contributed by atoms with Crippen molar-refractivity contribution in [1.29, 1.82) is 0 Å². The Kier molecular flexibility index (Phi) is 10.4. The third-order valence-corrected chi connectivity index (χ3v) is 10.4. The summed E-state index contributed by atoms with van der Waals surface area (Å²) in [6, 6.07) is 7.34. The predicted molar refractivity (Wildman–Crippen MR) is 177 cm³/mol. The molecule has 0 spiro atoms. The number of ether oxygens (including phenoxy) is 2. The molecule has 10 nitrogen and oxygen atoms in total. The van der Waals surface area contributed by atoms with Gasteiger partial charge in [-0.25, -0.2) is 4.79 Å². The number of carbonyl (C=O) groups excluding carboxylic acids is 2. The van der Waals surface area contributed by atoms with Crippen molar-refractivity contribution in [3.05, 3.63) is 40.5 Å². The first-order valence-electron chi connectivity index (χ1n) is 15.5. The Hall–Kier alpha value is -3.51. The lowest BCUT2D eigenvalue weighted by molar-refractivity contribution is -0.125. The summed E-state index contributed by atoms with van der Waals surface area (Å²) in [6.45, 7) is 3.95. The Morgan fingerprint density at radius 3 is 2.51 bits per heavy atom. The largest absolute Gasteiger partial charge is 0.497 e. The number of hydrogen-bond acceptors (Lipinski definition) is 8. The number of rotatable bonds is 13. The van der Waals surface area contributed by atoms with Crippen molar-refractivity contribution in [2.75, 3.05) is 20.8 Å². The Bertz CT molecular complexity index is 1470. The minimum Gasteiger partial charge on any atom is -0.497 e. The van der Waals surface area contributed by atoms with E-state index in [1.807, 2.05) is 23.1 Å². The van der Waals surface area contributed by atoms with Crippen molar-refractivity contribution < 1.29 is 33.4 Å². The van der Waals surface area contributed by atoms with Gasteiger partial charge in [-0.1, -0.05) is 37.3 Å². The van der Waals surface area contributed by atoms with E-state index >= 15 is 0 Å². The standard InChI is InChI=1S/C33H41N3O7S2/c1-18(10-19(2)35-32(39)40)30(37)34-9-5-6-22-15-27(23-13-24(41-3)16-25(14-23)42-4)43-28(22)17-29-31(38)36(33(44)45-29)26-12-20-7-8-21(26)11-20/h13-21,26,35H,5-12H2,1-4H3,(H,34,37)(H,39,40)/t18?,19-,20?,21?,26?/m0/s1. The maximum atomic E-state index is 13.7. The average molecular weight is 656 g/mol. The van der Waals surface area contributed by atoms with E-state index in [1.54, 1.807) is 40.2 Å². The van der Waals surface area contributed by atoms with Crippen LogP contribution in [0.3, 0.4) is 0 Å². The highest BCUT2D eigenvalue weighted by Gasteiger charge is 2.48. The highest BCUT2D eigenvalue weighted by atomic mass is 32.2. The molecular weight excluding hydrogens is 615 g/mol. The molecule has 2 aliphatic carbocycles. The van der Waals surface area contributed by atoms with Crippen LogP contribution < -0.4 is 20.1 Å². The molecule has 3 N–H and O–H groups in total. The highest BCUT2D eigenvalue weighted by Crippen LogP contribution is 2.49. The van der Waals surface area contributed by atoms with E-state index in [-0.39, 0.29) is 29.8 Å². The van der Waals surface area contributed by atoms with E-state index in [4.69, 9.17) is 31.2 Å². The highest BCUT2D eigenvalue weighted by molar-refractivity contribution is 8.26. The van der Waals surface area contributed by atoms with Crippen LogP contribution >= 0.6 is 24.0 Å². The van der Waals surface area contributed by atoms with E-state index in [2.05, 4.69) is 10.6 Å². The summed E-state index contributed by atoms with van der Waals surface area (Å²) >= 11 is 7.04. The van der Waals surface area contributed by atoms with Gasteiger partial charge in [0.05, 0.1) is 19.1 Å². The number of furan rings is 1. The number of carboxylic acid groups (broad SMARTS) is 1. The summed E-state index contributed by atoms with van der Waals surface area (Å²) in [7, 11) is 3.18. The van der Waals surface area contributed by atoms with Gasteiger partial charge < -0.3 is 29.6 Å². The topological polar surface area (TPSA) is 130 Å². The number of thioether (sulfide) groups is 1. The van der Waals surface area contributed by atoms with Crippen LogP contribution in [-0.2, 0) is 16.0 Å². The first kappa shape index (κ1) is 32.9. The van der Waals surface area contributed by atoms with Gasteiger partial charge in [0.15, 0.2) is 0 Å². The van der Waals surface area contributed by atoms with Crippen LogP contribution in [0.15, 0.2) is 33.6 Å². The molecule has 2 heterocycles. The van der Waals surface area contributed by atoms with Gasteiger partial charge in [0.25, 0.3) is 5.91 Å². The normalized spacial score (nSPS) is 23.0. The summed E-state index contributed by atoms with van der Waals surface area (Å²) in [6.07, 6.45) is 6.95. The van der Waals surface area contributed by atoms with Crippen LogP contribution in [0.1, 0.15) is 63.7 Å². The second kappa shape index (κ2) is 14.3. The molecule has 2 aromatic rings. The molecule has 12 heteroatoms. The molecule has 3 amide bonds. The smallest absolute Gasteiger partial charge is 0.404 e. The molecule has 1 saturated heterocycles. The number of hydrogen-bond donors (Lipinski definition) is 3. The van der Waals surface area contributed by atoms with E-state index in [0.29, 0.717) is 69.9 Å². The third kappa shape index (κ3) is 7.66. The molecule has 2 bridgehead atoms.